The number of carbonyl (C=O) groups excluding carboxylic acids is 1. The molecule has 0 saturated carbocycles. The van der Waals surface area contributed by atoms with Crippen LogP contribution >= 0.6 is 0 Å². The third-order valence-corrected chi connectivity index (χ3v) is 6.18. The van der Waals surface area contributed by atoms with E-state index in [1.165, 1.54) is 0 Å². The summed E-state index contributed by atoms with van der Waals surface area (Å²) in [6.07, 6.45) is 0. The maximum atomic E-state index is 12.9. The standard InChI is InChI=1S/C19H27N3O4S/c1-7-26-19(23)17-13(2)18(14(3)22(17)6)27(24,25)20-12-15-8-10-16(11-9-15)21(4)5/h8-11,20H,7,12H2,1-6H3. The van der Waals surface area contributed by atoms with Crippen molar-refractivity contribution in [1.29, 1.82) is 0 Å². The average Bonchev–Trinajstić information content (AvgIpc) is 2.83. The summed E-state index contributed by atoms with van der Waals surface area (Å²) in [5, 5.41) is 0. The molecule has 0 saturated heterocycles. The van der Waals surface area contributed by atoms with Crippen LogP contribution in [0.25, 0.3) is 0 Å². The van der Waals surface area contributed by atoms with Crippen LogP contribution in [0.4, 0.5) is 5.69 Å². The van der Waals surface area contributed by atoms with Gasteiger partial charge in [0, 0.05) is 44.6 Å². The Labute approximate surface area is 161 Å². The second kappa shape index (κ2) is 8.14. The molecule has 0 atom stereocenters. The molecule has 0 amide bonds. The number of anilines is 1. The monoisotopic (exact) mass is 393 g/mol. The maximum Gasteiger partial charge on any atom is 0.355 e. The zero-order chi connectivity index (χ0) is 20.4. The van der Waals surface area contributed by atoms with Crippen molar-refractivity contribution < 1.29 is 17.9 Å². The fraction of sp³-hybridized carbons (Fsp3) is 0.421. The number of nitrogens with one attached hydrogen (secondary N) is 1. The number of benzene rings is 1. The van der Waals surface area contributed by atoms with Gasteiger partial charge in [-0.3, -0.25) is 0 Å². The summed E-state index contributed by atoms with van der Waals surface area (Å²) in [5.74, 6) is -0.527. The van der Waals surface area contributed by atoms with E-state index in [4.69, 9.17) is 4.74 Å². The van der Waals surface area contributed by atoms with Crippen molar-refractivity contribution in [3.8, 4) is 0 Å². The van der Waals surface area contributed by atoms with E-state index in [-0.39, 0.29) is 23.7 Å². The SMILES string of the molecule is CCOC(=O)c1c(C)c(S(=O)(=O)NCc2ccc(N(C)C)cc2)c(C)n1C. The summed E-state index contributed by atoms with van der Waals surface area (Å²) in [4.78, 5) is 14.3. The van der Waals surface area contributed by atoms with Crippen molar-refractivity contribution in [1.82, 2.24) is 9.29 Å². The van der Waals surface area contributed by atoms with E-state index < -0.39 is 16.0 Å². The first kappa shape index (κ1) is 21.0. The smallest absolute Gasteiger partial charge is 0.355 e. The van der Waals surface area contributed by atoms with E-state index in [0.29, 0.717) is 11.3 Å². The number of sulfonamides is 1. The Hall–Kier alpha value is -2.32. The van der Waals surface area contributed by atoms with E-state index >= 15 is 0 Å². The van der Waals surface area contributed by atoms with Crippen molar-refractivity contribution in [3.63, 3.8) is 0 Å². The second-order valence-electron chi connectivity index (χ2n) is 6.55. The number of rotatable bonds is 7. The molecule has 0 aliphatic carbocycles. The average molecular weight is 394 g/mol. The van der Waals surface area contributed by atoms with E-state index in [9.17, 15) is 13.2 Å². The van der Waals surface area contributed by atoms with E-state index in [1.807, 2.05) is 43.3 Å². The number of esters is 1. The second-order valence-corrected chi connectivity index (χ2v) is 8.26. The number of carbonyl (C=O) groups is 1. The third-order valence-electron chi connectivity index (χ3n) is 4.52. The zero-order valence-corrected chi connectivity index (χ0v) is 17.5. The molecular weight excluding hydrogens is 366 g/mol. The number of hydrogen-bond donors (Lipinski definition) is 1. The summed E-state index contributed by atoms with van der Waals surface area (Å²) in [7, 11) is 1.76. The van der Waals surface area contributed by atoms with Crippen molar-refractivity contribution in [2.75, 3.05) is 25.6 Å². The molecule has 1 heterocycles. The van der Waals surface area contributed by atoms with Gasteiger partial charge in [-0.2, -0.15) is 0 Å². The van der Waals surface area contributed by atoms with Gasteiger partial charge in [0.25, 0.3) is 0 Å². The molecule has 27 heavy (non-hydrogen) atoms. The van der Waals surface area contributed by atoms with Crippen LogP contribution in [-0.2, 0) is 28.4 Å². The van der Waals surface area contributed by atoms with E-state index in [1.54, 1.807) is 32.4 Å². The Bertz CT molecular complexity index is 929. The van der Waals surface area contributed by atoms with Gasteiger partial charge in [-0.25, -0.2) is 17.9 Å². The van der Waals surface area contributed by atoms with Gasteiger partial charge in [0.05, 0.1) is 6.61 Å². The highest BCUT2D eigenvalue weighted by molar-refractivity contribution is 7.89. The predicted molar refractivity (Wildman–Crippen MR) is 106 cm³/mol. The van der Waals surface area contributed by atoms with Crippen LogP contribution in [0.3, 0.4) is 0 Å². The van der Waals surface area contributed by atoms with Crippen molar-refractivity contribution in [3.05, 3.63) is 46.8 Å². The summed E-state index contributed by atoms with van der Waals surface area (Å²) in [5.41, 5.74) is 3.02. The lowest BCUT2D eigenvalue weighted by molar-refractivity contribution is 0.0514. The van der Waals surface area contributed by atoms with Crippen LogP contribution in [0, 0.1) is 13.8 Å². The van der Waals surface area contributed by atoms with E-state index in [0.717, 1.165) is 11.3 Å². The van der Waals surface area contributed by atoms with Gasteiger partial charge in [-0.05, 0) is 38.5 Å². The fourth-order valence-corrected chi connectivity index (χ4v) is 4.53. The summed E-state index contributed by atoms with van der Waals surface area (Å²) in [6, 6.07) is 7.63. The normalized spacial score (nSPS) is 11.5. The number of ether oxygens (including phenoxy) is 1. The van der Waals surface area contributed by atoms with Gasteiger partial charge in [-0.1, -0.05) is 12.1 Å². The minimum Gasteiger partial charge on any atom is -0.461 e. The van der Waals surface area contributed by atoms with Crippen LogP contribution in [0.1, 0.15) is 34.2 Å². The minimum absolute atomic E-state index is 0.123. The van der Waals surface area contributed by atoms with Crippen LogP contribution in [0.15, 0.2) is 29.2 Å². The zero-order valence-electron chi connectivity index (χ0n) is 16.7. The molecule has 1 N–H and O–H groups in total. The van der Waals surface area contributed by atoms with Gasteiger partial charge in [0.15, 0.2) is 0 Å². The summed E-state index contributed by atoms with van der Waals surface area (Å²) < 4.78 is 35.0. The predicted octanol–water partition coefficient (Wildman–Crippen LogP) is 2.36. The first-order chi connectivity index (χ1) is 12.6. The third kappa shape index (κ3) is 4.33. The Kier molecular flexibility index (Phi) is 6.33. The van der Waals surface area contributed by atoms with Gasteiger partial charge in [-0.15, -0.1) is 0 Å². The number of hydrogen-bond acceptors (Lipinski definition) is 5. The Balaban J connectivity index is 2.28. The lowest BCUT2D eigenvalue weighted by Crippen LogP contribution is -2.24. The van der Waals surface area contributed by atoms with Crippen molar-refractivity contribution in [2.45, 2.75) is 32.2 Å². The van der Waals surface area contributed by atoms with Crippen LogP contribution in [0.5, 0.6) is 0 Å². The molecule has 1 aromatic heterocycles. The first-order valence-electron chi connectivity index (χ1n) is 8.69. The summed E-state index contributed by atoms with van der Waals surface area (Å²) in [6.45, 7) is 5.41. The molecule has 7 nitrogen and oxygen atoms in total. The quantitative estimate of drug-likeness (QED) is 0.731. The number of nitrogens with zero attached hydrogens (tertiary/aromatic N) is 2. The lowest BCUT2D eigenvalue weighted by atomic mass is 10.2. The molecule has 1 aromatic carbocycles. The molecule has 0 spiro atoms. The van der Waals surface area contributed by atoms with E-state index in [2.05, 4.69) is 4.72 Å². The molecule has 148 valence electrons. The molecule has 0 fully saturated rings. The highest BCUT2D eigenvalue weighted by Crippen LogP contribution is 2.26. The Morgan fingerprint density at radius 2 is 1.78 bits per heavy atom. The molecule has 0 bridgehead atoms. The molecule has 0 radical (unpaired) electrons. The van der Waals surface area contributed by atoms with Gasteiger partial charge in [0.1, 0.15) is 10.6 Å². The van der Waals surface area contributed by atoms with Gasteiger partial charge in [0.2, 0.25) is 10.0 Å². The maximum absolute atomic E-state index is 12.9. The fourth-order valence-electron chi connectivity index (χ4n) is 3.00. The lowest BCUT2D eigenvalue weighted by Gasteiger charge is -2.13. The van der Waals surface area contributed by atoms with Crippen LogP contribution in [-0.4, -0.2) is 39.7 Å². The topological polar surface area (TPSA) is 80.6 Å². The number of aromatic nitrogens is 1. The largest absolute Gasteiger partial charge is 0.461 e. The molecule has 0 aliphatic heterocycles. The van der Waals surface area contributed by atoms with Gasteiger partial charge >= 0.3 is 5.97 Å². The highest BCUT2D eigenvalue weighted by atomic mass is 32.2. The first-order valence-corrected chi connectivity index (χ1v) is 10.2. The van der Waals surface area contributed by atoms with Crippen molar-refractivity contribution in [2.24, 2.45) is 7.05 Å². The highest BCUT2D eigenvalue weighted by Gasteiger charge is 2.29. The molecule has 2 aromatic rings. The molecule has 0 aliphatic rings. The molecule has 2 rings (SSSR count). The molecule has 0 unspecified atom stereocenters. The summed E-state index contributed by atoms with van der Waals surface area (Å²) >= 11 is 0. The van der Waals surface area contributed by atoms with Crippen LogP contribution < -0.4 is 9.62 Å². The minimum atomic E-state index is -3.79. The van der Waals surface area contributed by atoms with Gasteiger partial charge < -0.3 is 14.2 Å². The van der Waals surface area contributed by atoms with Crippen LogP contribution in [0.2, 0.25) is 0 Å². The molecular formula is C19H27N3O4S. The molecule has 8 heteroatoms. The Morgan fingerprint density at radius 3 is 2.30 bits per heavy atom. The Morgan fingerprint density at radius 1 is 1.19 bits per heavy atom. The van der Waals surface area contributed by atoms with Crippen molar-refractivity contribution >= 4 is 21.7 Å².